The molecule has 2 heterocycles. The number of thiophene rings is 1. The van der Waals surface area contributed by atoms with Crippen molar-refractivity contribution in [3.05, 3.63) is 46.2 Å². The first-order valence-corrected chi connectivity index (χ1v) is 9.11. The van der Waals surface area contributed by atoms with Gasteiger partial charge in [-0.15, -0.1) is 11.3 Å². The second kappa shape index (κ2) is 6.11. The number of rotatable bonds is 4. The number of amides is 1. The fourth-order valence-electron chi connectivity index (χ4n) is 2.99. The van der Waals surface area contributed by atoms with Crippen molar-refractivity contribution in [1.82, 2.24) is 9.97 Å². The number of ether oxygens (including phenoxy) is 1. The topological polar surface area (TPSA) is 64.1 Å². The zero-order chi connectivity index (χ0) is 17.6. The normalized spacial score (nSPS) is 13.9. The van der Waals surface area contributed by atoms with E-state index in [2.05, 4.69) is 10.3 Å². The third-order valence-corrected chi connectivity index (χ3v) is 5.65. The zero-order valence-electron chi connectivity index (χ0n) is 14.4. The van der Waals surface area contributed by atoms with Crippen molar-refractivity contribution in [3.8, 4) is 5.75 Å². The predicted octanol–water partition coefficient (Wildman–Crippen LogP) is 4.45. The largest absolute Gasteiger partial charge is 0.497 e. The minimum atomic E-state index is -0.124. The first kappa shape index (κ1) is 16.0. The zero-order valence-corrected chi connectivity index (χ0v) is 15.2. The van der Waals surface area contributed by atoms with Crippen LogP contribution in [0.3, 0.4) is 0 Å². The molecule has 2 aromatic heterocycles. The second-order valence-corrected chi connectivity index (χ2v) is 7.36. The van der Waals surface area contributed by atoms with E-state index in [1.807, 2.05) is 32.0 Å². The number of fused-ring (bicyclic) bond motifs is 1. The number of carbonyl (C=O) groups excluding carboxylic acids is 1. The van der Waals surface area contributed by atoms with E-state index >= 15 is 0 Å². The Morgan fingerprint density at radius 2 is 2.08 bits per heavy atom. The molecule has 0 atom stereocenters. The molecular formula is C19H19N3O2S. The van der Waals surface area contributed by atoms with E-state index in [1.54, 1.807) is 13.2 Å². The smallest absolute Gasteiger partial charge is 0.266 e. The van der Waals surface area contributed by atoms with E-state index in [0.29, 0.717) is 22.2 Å². The highest BCUT2D eigenvalue weighted by Crippen LogP contribution is 2.40. The summed E-state index contributed by atoms with van der Waals surface area (Å²) in [6.07, 6.45) is 2.33. The molecule has 4 rings (SSSR count). The Balaban J connectivity index is 1.69. The molecule has 0 radical (unpaired) electrons. The van der Waals surface area contributed by atoms with Crippen LogP contribution in [0, 0.1) is 13.8 Å². The highest BCUT2D eigenvalue weighted by atomic mass is 32.1. The van der Waals surface area contributed by atoms with Gasteiger partial charge >= 0.3 is 0 Å². The average Bonchev–Trinajstić information content (AvgIpc) is 3.39. The van der Waals surface area contributed by atoms with E-state index in [-0.39, 0.29) is 5.91 Å². The lowest BCUT2D eigenvalue weighted by Crippen LogP contribution is -2.11. The van der Waals surface area contributed by atoms with Gasteiger partial charge in [0.05, 0.1) is 17.7 Å². The average molecular weight is 353 g/mol. The van der Waals surface area contributed by atoms with Gasteiger partial charge in [0, 0.05) is 23.1 Å². The third-order valence-electron chi connectivity index (χ3n) is 4.46. The van der Waals surface area contributed by atoms with Crippen LogP contribution in [0.1, 0.15) is 45.5 Å². The van der Waals surface area contributed by atoms with E-state index in [9.17, 15) is 4.79 Å². The van der Waals surface area contributed by atoms with Crippen molar-refractivity contribution in [1.29, 1.82) is 0 Å². The van der Waals surface area contributed by atoms with Gasteiger partial charge in [0.1, 0.15) is 16.4 Å². The van der Waals surface area contributed by atoms with E-state index in [4.69, 9.17) is 9.72 Å². The van der Waals surface area contributed by atoms with Crippen molar-refractivity contribution < 1.29 is 9.53 Å². The van der Waals surface area contributed by atoms with Gasteiger partial charge in [-0.3, -0.25) is 4.79 Å². The van der Waals surface area contributed by atoms with Crippen LogP contribution < -0.4 is 10.1 Å². The number of carbonyl (C=O) groups is 1. The standard InChI is InChI=1S/C19H19N3O2S/c1-10-15-11(2)20-17(12-7-8-12)22-19(15)25-16(10)18(23)21-13-5-4-6-14(9-13)24-3/h4-6,9,12H,7-8H2,1-3H3,(H,21,23). The summed E-state index contributed by atoms with van der Waals surface area (Å²) < 4.78 is 5.20. The predicted molar refractivity (Wildman–Crippen MR) is 99.8 cm³/mol. The molecule has 1 aliphatic rings. The monoisotopic (exact) mass is 353 g/mol. The molecule has 1 amide bonds. The van der Waals surface area contributed by atoms with Crippen molar-refractivity contribution in [2.75, 3.05) is 12.4 Å². The van der Waals surface area contributed by atoms with E-state index in [1.165, 1.54) is 24.2 Å². The molecule has 1 aliphatic carbocycles. The fraction of sp³-hybridized carbons (Fsp3) is 0.316. The minimum absolute atomic E-state index is 0.124. The number of anilines is 1. The minimum Gasteiger partial charge on any atom is -0.497 e. The van der Waals surface area contributed by atoms with E-state index < -0.39 is 0 Å². The molecule has 6 heteroatoms. The van der Waals surface area contributed by atoms with Crippen molar-refractivity contribution in [3.63, 3.8) is 0 Å². The highest BCUT2D eigenvalue weighted by molar-refractivity contribution is 7.20. The summed E-state index contributed by atoms with van der Waals surface area (Å²) in [5, 5.41) is 3.95. The molecule has 25 heavy (non-hydrogen) atoms. The van der Waals surface area contributed by atoms with Crippen molar-refractivity contribution in [2.45, 2.75) is 32.6 Å². The van der Waals surface area contributed by atoms with Gasteiger partial charge in [-0.05, 0) is 44.4 Å². The van der Waals surface area contributed by atoms with Crippen LogP contribution in [0.25, 0.3) is 10.2 Å². The molecule has 1 aromatic carbocycles. The summed E-state index contributed by atoms with van der Waals surface area (Å²) in [5.74, 6) is 2.01. The molecule has 1 N–H and O–H groups in total. The van der Waals surface area contributed by atoms with Gasteiger partial charge in [-0.1, -0.05) is 6.07 Å². The molecule has 0 saturated heterocycles. The number of aryl methyl sites for hydroxylation is 2. The molecule has 128 valence electrons. The summed E-state index contributed by atoms with van der Waals surface area (Å²) in [6.45, 7) is 3.96. The molecule has 3 aromatic rings. The van der Waals surface area contributed by atoms with Gasteiger partial charge in [0.25, 0.3) is 5.91 Å². The Kier molecular flexibility index (Phi) is 3.92. The lowest BCUT2D eigenvalue weighted by Gasteiger charge is -2.06. The number of aromatic nitrogens is 2. The van der Waals surface area contributed by atoms with Gasteiger partial charge in [-0.2, -0.15) is 0 Å². The summed E-state index contributed by atoms with van der Waals surface area (Å²) in [7, 11) is 1.61. The first-order chi connectivity index (χ1) is 12.1. The fourth-order valence-corrected chi connectivity index (χ4v) is 4.12. The first-order valence-electron chi connectivity index (χ1n) is 8.30. The molecule has 0 spiro atoms. The lowest BCUT2D eigenvalue weighted by atomic mass is 10.1. The Labute approximate surface area is 150 Å². The van der Waals surface area contributed by atoms with Crippen molar-refractivity contribution in [2.24, 2.45) is 0 Å². The molecule has 1 fully saturated rings. The van der Waals surface area contributed by atoms with Crippen LogP contribution in [-0.4, -0.2) is 23.0 Å². The quantitative estimate of drug-likeness (QED) is 0.753. The van der Waals surface area contributed by atoms with Gasteiger partial charge < -0.3 is 10.1 Å². The molecule has 0 bridgehead atoms. The van der Waals surface area contributed by atoms with Crippen LogP contribution in [0.15, 0.2) is 24.3 Å². The van der Waals surface area contributed by atoms with Crippen molar-refractivity contribution >= 4 is 33.1 Å². The molecule has 0 unspecified atom stereocenters. The number of hydrogen-bond donors (Lipinski definition) is 1. The van der Waals surface area contributed by atoms with Crippen LogP contribution in [0.4, 0.5) is 5.69 Å². The van der Waals surface area contributed by atoms with Crippen LogP contribution in [0.2, 0.25) is 0 Å². The second-order valence-electron chi connectivity index (χ2n) is 6.36. The summed E-state index contributed by atoms with van der Waals surface area (Å²) in [6, 6.07) is 7.35. The summed E-state index contributed by atoms with van der Waals surface area (Å²) in [4.78, 5) is 23.7. The molecule has 5 nitrogen and oxygen atoms in total. The van der Waals surface area contributed by atoms with Crippen LogP contribution >= 0.6 is 11.3 Å². The maximum absolute atomic E-state index is 12.8. The molecule has 0 aliphatic heterocycles. The van der Waals surface area contributed by atoms with E-state index in [0.717, 1.165) is 27.3 Å². The SMILES string of the molecule is COc1cccc(NC(=O)c2sc3nc(C4CC4)nc(C)c3c2C)c1. The number of methoxy groups -OCH3 is 1. The summed E-state index contributed by atoms with van der Waals surface area (Å²) >= 11 is 1.44. The Morgan fingerprint density at radius 1 is 1.28 bits per heavy atom. The summed E-state index contributed by atoms with van der Waals surface area (Å²) in [5.41, 5.74) is 2.61. The Morgan fingerprint density at radius 3 is 2.80 bits per heavy atom. The van der Waals surface area contributed by atoms with Gasteiger partial charge in [0.15, 0.2) is 0 Å². The third kappa shape index (κ3) is 2.98. The molecular weight excluding hydrogens is 334 g/mol. The Bertz CT molecular complexity index is 976. The van der Waals surface area contributed by atoms with Crippen LogP contribution in [0.5, 0.6) is 5.75 Å². The van der Waals surface area contributed by atoms with Gasteiger partial charge in [-0.25, -0.2) is 9.97 Å². The van der Waals surface area contributed by atoms with Crippen LogP contribution in [-0.2, 0) is 0 Å². The lowest BCUT2D eigenvalue weighted by molar-refractivity contribution is 0.103. The van der Waals surface area contributed by atoms with Gasteiger partial charge in [0.2, 0.25) is 0 Å². The highest BCUT2D eigenvalue weighted by Gasteiger charge is 2.28. The Hall–Kier alpha value is -2.47. The molecule has 1 saturated carbocycles. The number of benzene rings is 1. The maximum atomic E-state index is 12.8. The number of hydrogen-bond acceptors (Lipinski definition) is 5. The number of nitrogens with one attached hydrogen (secondary N) is 1. The maximum Gasteiger partial charge on any atom is 0.266 e. The number of nitrogens with zero attached hydrogens (tertiary/aromatic N) is 2.